The Kier molecular flexibility index (Phi) is 6.48. The van der Waals surface area contributed by atoms with Gasteiger partial charge in [-0.1, -0.05) is 84.4 Å². The monoisotopic (exact) mass is 441 g/mol. The molecule has 0 fully saturated rings. The number of carbonyl (C=O) groups excluding carboxylic acids is 1. The molecule has 0 aromatic heterocycles. The van der Waals surface area contributed by atoms with Gasteiger partial charge >= 0.3 is 0 Å². The summed E-state index contributed by atoms with van der Waals surface area (Å²) in [6, 6.07) is 29.3. The Labute approximate surface area is 192 Å². The zero-order valence-corrected chi connectivity index (χ0v) is 18.2. The second-order valence-corrected chi connectivity index (χ2v) is 7.88. The summed E-state index contributed by atoms with van der Waals surface area (Å²) in [5.41, 5.74) is 5.64. The average molecular weight is 442 g/mol. The van der Waals surface area contributed by atoms with Gasteiger partial charge in [0.1, 0.15) is 5.82 Å². The van der Waals surface area contributed by atoms with Crippen LogP contribution in [-0.4, -0.2) is 5.91 Å². The van der Waals surface area contributed by atoms with Crippen molar-refractivity contribution in [2.24, 2.45) is 0 Å². The lowest BCUT2D eigenvalue weighted by atomic mass is 9.98. The van der Waals surface area contributed by atoms with E-state index in [-0.39, 0.29) is 11.7 Å². The molecule has 0 aliphatic carbocycles. The molecule has 0 spiro atoms. The predicted octanol–water partition coefficient (Wildman–Crippen LogP) is 7.63. The Morgan fingerprint density at radius 1 is 0.844 bits per heavy atom. The van der Waals surface area contributed by atoms with Crippen LogP contribution in [0.25, 0.3) is 22.8 Å². The number of amides is 1. The van der Waals surface area contributed by atoms with Crippen LogP contribution >= 0.6 is 11.6 Å². The van der Waals surface area contributed by atoms with Crippen molar-refractivity contribution in [1.82, 2.24) is 0 Å². The fourth-order valence-electron chi connectivity index (χ4n) is 3.35. The lowest BCUT2D eigenvalue weighted by molar-refractivity contribution is -0.111. The zero-order valence-electron chi connectivity index (χ0n) is 17.5. The molecule has 1 amide bonds. The lowest BCUT2D eigenvalue weighted by Crippen LogP contribution is -2.13. The predicted molar refractivity (Wildman–Crippen MR) is 131 cm³/mol. The highest BCUT2D eigenvalue weighted by atomic mass is 35.5. The summed E-state index contributed by atoms with van der Waals surface area (Å²) in [4.78, 5) is 13.2. The van der Waals surface area contributed by atoms with Crippen LogP contribution in [0.3, 0.4) is 0 Å². The van der Waals surface area contributed by atoms with E-state index in [2.05, 4.69) is 5.32 Å². The molecular formula is C28H21ClFNO. The summed E-state index contributed by atoms with van der Waals surface area (Å²) in [5.74, 6) is -0.601. The number of halogens is 2. The van der Waals surface area contributed by atoms with E-state index in [1.165, 1.54) is 12.1 Å². The van der Waals surface area contributed by atoms with Gasteiger partial charge in [0.05, 0.1) is 0 Å². The molecule has 0 saturated carbocycles. The molecule has 32 heavy (non-hydrogen) atoms. The number of anilines is 1. The first-order valence-electron chi connectivity index (χ1n) is 10.2. The van der Waals surface area contributed by atoms with Gasteiger partial charge in [-0.25, -0.2) is 4.39 Å². The number of aryl methyl sites for hydroxylation is 1. The third-order valence-corrected chi connectivity index (χ3v) is 5.57. The highest BCUT2D eigenvalue weighted by Crippen LogP contribution is 2.26. The molecule has 4 aromatic rings. The van der Waals surface area contributed by atoms with Crippen molar-refractivity contribution in [2.45, 2.75) is 6.92 Å². The van der Waals surface area contributed by atoms with Crippen LogP contribution in [0.5, 0.6) is 0 Å². The summed E-state index contributed by atoms with van der Waals surface area (Å²) in [7, 11) is 0. The number of benzene rings is 4. The third kappa shape index (κ3) is 5.13. The van der Waals surface area contributed by atoms with Crippen molar-refractivity contribution in [3.8, 4) is 11.1 Å². The molecule has 0 bridgehead atoms. The SMILES string of the molecule is Cc1ccc(NC(=O)/C(=C/c2ccc(F)cc2)c2ccc(-c3ccccc3)cc2)cc1Cl. The normalized spacial score (nSPS) is 11.3. The van der Waals surface area contributed by atoms with Crippen LogP contribution < -0.4 is 5.32 Å². The number of rotatable bonds is 5. The van der Waals surface area contributed by atoms with Crippen LogP contribution in [-0.2, 0) is 4.79 Å². The third-order valence-electron chi connectivity index (χ3n) is 5.16. The van der Waals surface area contributed by atoms with Crippen molar-refractivity contribution >= 4 is 34.8 Å². The number of hydrogen-bond donors (Lipinski definition) is 1. The molecule has 0 aliphatic heterocycles. The van der Waals surface area contributed by atoms with Crippen LogP contribution in [0.2, 0.25) is 5.02 Å². The molecular weight excluding hydrogens is 421 g/mol. The van der Waals surface area contributed by atoms with Gasteiger partial charge in [-0.3, -0.25) is 4.79 Å². The minimum Gasteiger partial charge on any atom is -0.322 e. The summed E-state index contributed by atoms with van der Waals surface area (Å²) >= 11 is 6.21. The summed E-state index contributed by atoms with van der Waals surface area (Å²) in [6.45, 7) is 1.90. The highest BCUT2D eigenvalue weighted by molar-refractivity contribution is 6.32. The minimum absolute atomic E-state index is 0.276. The molecule has 0 saturated heterocycles. The fraction of sp³-hybridized carbons (Fsp3) is 0.0357. The first-order chi connectivity index (χ1) is 15.5. The lowest BCUT2D eigenvalue weighted by Gasteiger charge is -2.12. The Balaban J connectivity index is 1.69. The standard InChI is InChI=1S/C28H21ClFNO/c1-19-7-16-25(18-27(19)29)31-28(32)26(17-20-8-14-24(30)15-9-20)23-12-10-22(11-13-23)21-5-3-2-4-6-21/h2-18H,1H3,(H,31,32)/b26-17+. The molecule has 4 aromatic carbocycles. The van der Waals surface area contributed by atoms with E-state index in [0.29, 0.717) is 16.3 Å². The van der Waals surface area contributed by atoms with Crippen LogP contribution in [0.1, 0.15) is 16.7 Å². The van der Waals surface area contributed by atoms with Gasteiger partial charge in [0.15, 0.2) is 0 Å². The van der Waals surface area contributed by atoms with E-state index in [4.69, 9.17) is 11.6 Å². The molecule has 2 nitrogen and oxygen atoms in total. The van der Waals surface area contributed by atoms with E-state index < -0.39 is 0 Å². The van der Waals surface area contributed by atoms with Crippen molar-refractivity contribution in [2.75, 3.05) is 5.32 Å². The summed E-state index contributed by atoms with van der Waals surface area (Å²) in [6.07, 6.45) is 1.75. The van der Waals surface area contributed by atoms with E-state index in [0.717, 1.165) is 27.8 Å². The Bertz CT molecular complexity index is 1260. The molecule has 0 heterocycles. The zero-order chi connectivity index (χ0) is 22.5. The van der Waals surface area contributed by atoms with Gasteiger partial charge in [0.2, 0.25) is 0 Å². The van der Waals surface area contributed by atoms with Crippen LogP contribution in [0.4, 0.5) is 10.1 Å². The van der Waals surface area contributed by atoms with Gasteiger partial charge in [-0.2, -0.15) is 0 Å². The second kappa shape index (κ2) is 9.63. The van der Waals surface area contributed by atoms with Gasteiger partial charge < -0.3 is 5.32 Å². The van der Waals surface area contributed by atoms with Gasteiger partial charge in [0, 0.05) is 16.3 Å². The maximum atomic E-state index is 13.4. The topological polar surface area (TPSA) is 29.1 Å². The van der Waals surface area contributed by atoms with Gasteiger partial charge in [0.25, 0.3) is 5.91 Å². The van der Waals surface area contributed by atoms with Crippen molar-refractivity contribution in [1.29, 1.82) is 0 Å². The average Bonchev–Trinajstić information content (AvgIpc) is 2.82. The summed E-state index contributed by atoms with van der Waals surface area (Å²) in [5, 5.41) is 3.50. The van der Waals surface area contributed by atoms with Crippen molar-refractivity contribution in [3.05, 3.63) is 125 Å². The van der Waals surface area contributed by atoms with Crippen LogP contribution in [0.15, 0.2) is 97.1 Å². The van der Waals surface area contributed by atoms with E-state index in [1.807, 2.05) is 73.7 Å². The maximum Gasteiger partial charge on any atom is 0.256 e. The summed E-state index contributed by atoms with van der Waals surface area (Å²) < 4.78 is 13.4. The highest BCUT2D eigenvalue weighted by Gasteiger charge is 2.14. The smallest absolute Gasteiger partial charge is 0.256 e. The quantitative estimate of drug-likeness (QED) is 0.250. The minimum atomic E-state index is -0.324. The largest absolute Gasteiger partial charge is 0.322 e. The molecule has 0 aliphatic rings. The van der Waals surface area contributed by atoms with Gasteiger partial charge in [-0.15, -0.1) is 0 Å². The van der Waals surface area contributed by atoms with E-state index in [9.17, 15) is 9.18 Å². The van der Waals surface area contributed by atoms with Crippen molar-refractivity contribution in [3.63, 3.8) is 0 Å². The van der Waals surface area contributed by atoms with Crippen LogP contribution in [0, 0.1) is 12.7 Å². The molecule has 4 rings (SSSR count). The Morgan fingerprint density at radius 3 is 2.16 bits per heavy atom. The maximum absolute atomic E-state index is 13.4. The number of nitrogens with one attached hydrogen (secondary N) is 1. The molecule has 0 atom stereocenters. The van der Waals surface area contributed by atoms with Crippen molar-refractivity contribution < 1.29 is 9.18 Å². The molecule has 0 unspecified atom stereocenters. The Morgan fingerprint density at radius 2 is 1.50 bits per heavy atom. The number of hydrogen-bond acceptors (Lipinski definition) is 1. The van der Waals surface area contributed by atoms with E-state index in [1.54, 1.807) is 24.3 Å². The molecule has 0 radical (unpaired) electrons. The first-order valence-corrected chi connectivity index (χ1v) is 10.6. The molecule has 4 heteroatoms. The molecule has 1 N–H and O–H groups in total. The fourth-order valence-corrected chi connectivity index (χ4v) is 3.53. The van der Waals surface area contributed by atoms with Gasteiger partial charge in [-0.05, 0) is 65.1 Å². The second-order valence-electron chi connectivity index (χ2n) is 7.47. The van der Waals surface area contributed by atoms with E-state index >= 15 is 0 Å². The molecule has 158 valence electrons. The first kappa shape index (κ1) is 21.5. The Hall–Kier alpha value is -3.69. The number of carbonyl (C=O) groups is 1.